The van der Waals surface area contributed by atoms with Crippen LogP contribution in [0.2, 0.25) is 0 Å². The van der Waals surface area contributed by atoms with Crippen molar-refractivity contribution in [2.75, 3.05) is 40.4 Å². The Morgan fingerprint density at radius 2 is 2.07 bits per heavy atom. The van der Waals surface area contributed by atoms with E-state index in [0.717, 1.165) is 0 Å². The van der Waals surface area contributed by atoms with E-state index in [4.69, 9.17) is 10.5 Å². The first-order valence-corrected chi connectivity index (χ1v) is 4.31. The Labute approximate surface area is 83.4 Å². The molecule has 0 atom stereocenters. The highest BCUT2D eigenvalue weighted by Gasteiger charge is 2.01. The molecule has 0 rings (SSSR count). The van der Waals surface area contributed by atoms with Crippen molar-refractivity contribution in [3.05, 3.63) is 0 Å². The molecule has 0 fully saturated rings. The Morgan fingerprint density at radius 1 is 1.43 bits per heavy atom. The first-order valence-electron chi connectivity index (χ1n) is 4.31. The summed E-state index contributed by atoms with van der Waals surface area (Å²) in [5.41, 5.74) is 4.85. The molecule has 0 aliphatic carbocycles. The Hall–Kier alpha value is -1.14. The lowest BCUT2D eigenvalue weighted by Gasteiger charge is -2.10. The average Bonchev–Trinajstić information content (AvgIpc) is 2.09. The highest BCUT2D eigenvalue weighted by Crippen LogP contribution is 1.76. The van der Waals surface area contributed by atoms with Crippen molar-refractivity contribution in [1.29, 1.82) is 0 Å². The molecule has 0 saturated carbocycles. The summed E-state index contributed by atoms with van der Waals surface area (Å²) < 4.78 is 4.88. The van der Waals surface area contributed by atoms with Gasteiger partial charge in [0.25, 0.3) is 0 Å². The van der Waals surface area contributed by atoms with Crippen molar-refractivity contribution in [2.24, 2.45) is 5.73 Å². The molecular formula is C8H17N3O3. The fraction of sp³-hybridized carbons (Fsp3) is 0.750. The second-order valence-electron chi connectivity index (χ2n) is 2.98. The van der Waals surface area contributed by atoms with Crippen molar-refractivity contribution in [2.45, 2.75) is 0 Å². The third-order valence-corrected chi connectivity index (χ3v) is 1.44. The molecule has 0 aliphatic rings. The summed E-state index contributed by atoms with van der Waals surface area (Å²) >= 11 is 0. The van der Waals surface area contributed by atoms with Crippen molar-refractivity contribution in [3.8, 4) is 0 Å². The molecule has 0 aromatic rings. The number of nitrogens with zero attached hydrogens (tertiary/aromatic N) is 1. The van der Waals surface area contributed by atoms with Gasteiger partial charge in [-0.1, -0.05) is 0 Å². The third kappa shape index (κ3) is 7.51. The minimum atomic E-state index is -0.491. The number of nitrogens with one attached hydrogen (secondary N) is 1. The SMILES string of the molecule is CN(C)C(=O)CNCCOCC(N)=O. The van der Waals surface area contributed by atoms with E-state index in [1.165, 1.54) is 4.90 Å². The van der Waals surface area contributed by atoms with Gasteiger partial charge in [-0.2, -0.15) is 0 Å². The molecule has 0 spiro atoms. The van der Waals surface area contributed by atoms with E-state index in [1.807, 2.05) is 0 Å². The van der Waals surface area contributed by atoms with Crippen LogP contribution in [0.1, 0.15) is 0 Å². The Balaban J connectivity index is 3.22. The number of hydrogen-bond donors (Lipinski definition) is 2. The van der Waals surface area contributed by atoms with Crippen LogP contribution in [0, 0.1) is 0 Å². The van der Waals surface area contributed by atoms with E-state index in [9.17, 15) is 9.59 Å². The summed E-state index contributed by atoms with van der Waals surface area (Å²) in [4.78, 5) is 22.8. The summed E-state index contributed by atoms with van der Waals surface area (Å²) in [6.07, 6.45) is 0. The number of primary amides is 1. The fourth-order valence-electron chi connectivity index (χ4n) is 0.671. The quantitative estimate of drug-likeness (QED) is 0.476. The van der Waals surface area contributed by atoms with Crippen LogP contribution in [-0.4, -0.2) is 57.1 Å². The van der Waals surface area contributed by atoms with Gasteiger partial charge in [0.1, 0.15) is 6.61 Å². The predicted octanol–water partition coefficient (Wildman–Crippen LogP) is -1.83. The highest BCUT2D eigenvalue weighted by atomic mass is 16.5. The summed E-state index contributed by atoms with van der Waals surface area (Å²) in [7, 11) is 3.38. The zero-order valence-corrected chi connectivity index (χ0v) is 8.58. The maximum Gasteiger partial charge on any atom is 0.243 e. The van der Waals surface area contributed by atoms with E-state index in [2.05, 4.69) is 5.32 Å². The molecule has 82 valence electrons. The second-order valence-corrected chi connectivity index (χ2v) is 2.98. The zero-order valence-electron chi connectivity index (χ0n) is 8.58. The Kier molecular flexibility index (Phi) is 6.69. The van der Waals surface area contributed by atoms with E-state index in [0.29, 0.717) is 13.2 Å². The number of likely N-dealkylation sites (N-methyl/N-ethyl adjacent to an activating group) is 1. The van der Waals surface area contributed by atoms with Gasteiger partial charge in [-0.3, -0.25) is 9.59 Å². The van der Waals surface area contributed by atoms with Crippen molar-refractivity contribution in [3.63, 3.8) is 0 Å². The van der Waals surface area contributed by atoms with Gasteiger partial charge in [-0.05, 0) is 0 Å². The van der Waals surface area contributed by atoms with Gasteiger partial charge in [-0.25, -0.2) is 0 Å². The molecule has 6 nitrogen and oxygen atoms in total. The van der Waals surface area contributed by atoms with E-state index in [1.54, 1.807) is 14.1 Å². The number of ether oxygens (including phenoxy) is 1. The van der Waals surface area contributed by atoms with E-state index in [-0.39, 0.29) is 19.1 Å². The number of hydrogen-bond acceptors (Lipinski definition) is 4. The van der Waals surface area contributed by atoms with Gasteiger partial charge in [0.2, 0.25) is 11.8 Å². The van der Waals surface area contributed by atoms with Gasteiger partial charge >= 0.3 is 0 Å². The van der Waals surface area contributed by atoms with Crippen LogP contribution < -0.4 is 11.1 Å². The normalized spacial score (nSPS) is 9.86. The van der Waals surface area contributed by atoms with Crippen LogP contribution >= 0.6 is 0 Å². The summed E-state index contributed by atoms with van der Waals surface area (Å²) in [6.45, 7) is 1.08. The van der Waals surface area contributed by atoms with Crippen LogP contribution in [0.25, 0.3) is 0 Å². The maximum atomic E-state index is 11.0. The highest BCUT2D eigenvalue weighted by molar-refractivity contribution is 5.77. The molecule has 0 aromatic carbocycles. The molecule has 14 heavy (non-hydrogen) atoms. The molecule has 0 radical (unpaired) electrons. The minimum absolute atomic E-state index is 0.0000914. The molecule has 0 bridgehead atoms. The molecule has 0 heterocycles. The molecule has 3 N–H and O–H groups in total. The van der Waals surface area contributed by atoms with Gasteiger partial charge in [0.15, 0.2) is 0 Å². The predicted molar refractivity (Wildman–Crippen MR) is 51.6 cm³/mol. The number of carbonyl (C=O) groups excluding carboxylic acids is 2. The smallest absolute Gasteiger partial charge is 0.243 e. The third-order valence-electron chi connectivity index (χ3n) is 1.44. The number of carbonyl (C=O) groups is 2. The van der Waals surface area contributed by atoms with Crippen LogP contribution in [0.4, 0.5) is 0 Å². The summed E-state index contributed by atoms with van der Waals surface area (Å²) in [5, 5.41) is 2.87. The fourth-order valence-corrected chi connectivity index (χ4v) is 0.671. The van der Waals surface area contributed by atoms with Gasteiger partial charge < -0.3 is 20.7 Å². The Morgan fingerprint density at radius 3 is 2.57 bits per heavy atom. The van der Waals surface area contributed by atoms with Gasteiger partial charge in [0, 0.05) is 20.6 Å². The van der Waals surface area contributed by atoms with Gasteiger partial charge in [0.05, 0.1) is 13.2 Å². The van der Waals surface area contributed by atoms with Crippen molar-refractivity contribution >= 4 is 11.8 Å². The van der Waals surface area contributed by atoms with Crippen LogP contribution in [0.3, 0.4) is 0 Å². The monoisotopic (exact) mass is 203 g/mol. The van der Waals surface area contributed by atoms with Crippen molar-refractivity contribution < 1.29 is 14.3 Å². The minimum Gasteiger partial charge on any atom is -0.370 e. The lowest BCUT2D eigenvalue weighted by atomic mass is 10.5. The molecule has 0 saturated heterocycles. The molecule has 0 aliphatic heterocycles. The van der Waals surface area contributed by atoms with Crippen LogP contribution in [0.5, 0.6) is 0 Å². The van der Waals surface area contributed by atoms with Crippen LogP contribution in [-0.2, 0) is 14.3 Å². The van der Waals surface area contributed by atoms with Crippen LogP contribution in [0.15, 0.2) is 0 Å². The number of amides is 2. The first-order chi connectivity index (χ1) is 6.54. The maximum absolute atomic E-state index is 11.0. The summed E-state index contributed by atoms with van der Waals surface area (Å²) in [5.74, 6) is -0.491. The second kappa shape index (κ2) is 7.28. The number of nitrogens with two attached hydrogens (primary N) is 1. The average molecular weight is 203 g/mol. The lowest BCUT2D eigenvalue weighted by molar-refractivity contribution is -0.128. The lowest BCUT2D eigenvalue weighted by Crippen LogP contribution is -2.34. The topological polar surface area (TPSA) is 84.7 Å². The molecule has 0 aromatic heterocycles. The molecule has 6 heteroatoms. The molecular weight excluding hydrogens is 186 g/mol. The Bertz CT molecular complexity index is 194. The first kappa shape index (κ1) is 12.9. The number of rotatable bonds is 7. The van der Waals surface area contributed by atoms with Gasteiger partial charge in [-0.15, -0.1) is 0 Å². The standard InChI is InChI=1S/C8H17N3O3/c1-11(2)8(13)5-10-3-4-14-6-7(9)12/h10H,3-6H2,1-2H3,(H2,9,12). The summed E-state index contributed by atoms with van der Waals surface area (Å²) in [6, 6.07) is 0. The van der Waals surface area contributed by atoms with E-state index >= 15 is 0 Å². The molecule has 0 unspecified atom stereocenters. The molecule has 2 amide bonds. The largest absolute Gasteiger partial charge is 0.370 e. The zero-order chi connectivity index (χ0) is 11.0. The van der Waals surface area contributed by atoms with Crippen molar-refractivity contribution in [1.82, 2.24) is 10.2 Å². The van der Waals surface area contributed by atoms with E-state index < -0.39 is 5.91 Å².